The van der Waals surface area contributed by atoms with Crippen molar-refractivity contribution in [3.05, 3.63) is 0 Å². The molecular weight excluding hydrogens is 122 g/mol. The van der Waals surface area contributed by atoms with Crippen molar-refractivity contribution in [2.24, 2.45) is 5.92 Å². The van der Waals surface area contributed by atoms with Gasteiger partial charge in [0.2, 0.25) is 0 Å². The summed E-state index contributed by atoms with van der Waals surface area (Å²) < 4.78 is 0. The maximum atomic E-state index is 3.17. The summed E-state index contributed by atoms with van der Waals surface area (Å²) in [7, 11) is 2.03. The van der Waals surface area contributed by atoms with Crippen LogP contribution in [0, 0.1) is 5.92 Å². The summed E-state index contributed by atoms with van der Waals surface area (Å²) >= 11 is 0. The van der Waals surface area contributed by atoms with Crippen LogP contribution in [0.1, 0.15) is 38.5 Å². The molecule has 0 spiro atoms. The zero-order valence-corrected chi connectivity index (χ0v) is 7.03. The van der Waals surface area contributed by atoms with Crippen LogP contribution in [0.5, 0.6) is 0 Å². The number of unbranched alkanes of at least 4 members (excludes halogenated alkanes) is 2. The molecule has 0 aliphatic heterocycles. The third kappa shape index (κ3) is 3.89. The first kappa shape index (κ1) is 8.06. The second kappa shape index (κ2) is 4.73. The summed E-state index contributed by atoms with van der Waals surface area (Å²) in [6.07, 6.45) is 8.80. The van der Waals surface area contributed by atoms with Crippen LogP contribution in [0.3, 0.4) is 0 Å². The molecule has 1 rings (SSSR count). The van der Waals surface area contributed by atoms with Gasteiger partial charge < -0.3 is 5.32 Å². The van der Waals surface area contributed by atoms with Crippen LogP contribution in [0.15, 0.2) is 0 Å². The van der Waals surface area contributed by atoms with Crippen molar-refractivity contribution >= 4 is 0 Å². The molecule has 0 aromatic heterocycles. The zero-order valence-electron chi connectivity index (χ0n) is 7.03. The number of hydrogen-bond acceptors (Lipinski definition) is 1. The van der Waals surface area contributed by atoms with Gasteiger partial charge in [0, 0.05) is 0 Å². The summed E-state index contributed by atoms with van der Waals surface area (Å²) in [6, 6.07) is 0. The molecule has 0 aromatic rings. The Bertz CT molecular complexity index is 76.8. The fourth-order valence-corrected chi connectivity index (χ4v) is 1.32. The van der Waals surface area contributed by atoms with E-state index in [1.54, 1.807) is 0 Å². The largest absolute Gasteiger partial charge is 0.320 e. The fourth-order valence-electron chi connectivity index (χ4n) is 1.32. The quantitative estimate of drug-likeness (QED) is 0.559. The molecule has 0 saturated heterocycles. The SMILES string of the molecule is CNCCCCCC1CC1. The van der Waals surface area contributed by atoms with Gasteiger partial charge in [-0.2, -0.15) is 0 Å². The van der Waals surface area contributed by atoms with E-state index < -0.39 is 0 Å². The minimum absolute atomic E-state index is 1.13. The van der Waals surface area contributed by atoms with Crippen molar-refractivity contribution in [1.82, 2.24) is 5.32 Å². The predicted molar refractivity (Wildman–Crippen MR) is 45.1 cm³/mol. The standard InChI is InChI=1S/C9H19N/c1-10-8-4-2-3-5-9-6-7-9/h9-10H,2-8H2,1H3. The first-order valence-electron chi connectivity index (χ1n) is 4.58. The van der Waals surface area contributed by atoms with Gasteiger partial charge >= 0.3 is 0 Å². The lowest BCUT2D eigenvalue weighted by Crippen LogP contribution is -2.06. The van der Waals surface area contributed by atoms with Crippen LogP contribution in [0.4, 0.5) is 0 Å². The molecule has 1 aliphatic carbocycles. The van der Waals surface area contributed by atoms with Crippen molar-refractivity contribution in [3.63, 3.8) is 0 Å². The third-order valence-corrected chi connectivity index (χ3v) is 2.24. The summed E-state index contributed by atoms with van der Waals surface area (Å²) in [4.78, 5) is 0. The maximum Gasteiger partial charge on any atom is -0.00519 e. The normalized spacial score (nSPS) is 17.7. The lowest BCUT2D eigenvalue weighted by molar-refractivity contribution is 0.588. The van der Waals surface area contributed by atoms with Crippen molar-refractivity contribution in [3.8, 4) is 0 Å². The van der Waals surface area contributed by atoms with Crippen molar-refractivity contribution in [1.29, 1.82) is 0 Å². The number of hydrogen-bond donors (Lipinski definition) is 1. The number of nitrogens with one attached hydrogen (secondary N) is 1. The Balaban J connectivity index is 1.68. The Morgan fingerprint density at radius 2 is 2.00 bits per heavy atom. The molecule has 1 fully saturated rings. The first-order valence-corrected chi connectivity index (χ1v) is 4.58. The topological polar surface area (TPSA) is 12.0 Å². The highest BCUT2D eigenvalue weighted by Gasteiger charge is 2.19. The van der Waals surface area contributed by atoms with Crippen molar-refractivity contribution in [2.45, 2.75) is 38.5 Å². The third-order valence-electron chi connectivity index (χ3n) is 2.24. The van der Waals surface area contributed by atoms with Gasteiger partial charge in [-0.15, -0.1) is 0 Å². The van der Waals surface area contributed by atoms with Crippen LogP contribution >= 0.6 is 0 Å². The van der Waals surface area contributed by atoms with E-state index in [-0.39, 0.29) is 0 Å². The summed E-state index contributed by atoms with van der Waals surface area (Å²) in [6.45, 7) is 1.20. The molecule has 1 N–H and O–H groups in total. The Labute approximate surface area is 64.2 Å². The molecule has 10 heavy (non-hydrogen) atoms. The highest BCUT2D eigenvalue weighted by molar-refractivity contribution is 4.72. The molecule has 1 aliphatic rings. The van der Waals surface area contributed by atoms with Gasteiger partial charge in [0.05, 0.1) is 0 Å². The van der Waals surface area contributed by atoms with Crippen LogP contribution in [-0.2, 0) is 0 Å². The van der Waals surface area contributed by atoms with Crippen LogP contribution in [-0.4, -0.2) is 13.6 Å². The van der Waals surface area contributed by atoms with E-state index in [0.717, 1.165) is 5.92 Å². The molecule has 1 heteroatoms. The van der Waals surface area contributed by atoms with E-state index in [9.17, 15) is 0 Å². The highest BCUT2D eigenvalue weighted by atomic mass is 14.8. The first-order chi connectivity index (χ1) is 4.93. The lowest BCUT2D eigenvalue weighted by atomic mass is 10.1. The van der Waals surface area contributed by atoms with Gasteiger partial charge in [-0.05, 0) is 25.9 Å². The molecule has 60 valence electrons. The Morgan fingerprint density at radius 1 is 1.20 bits per heavy atom. The van der Waals surface area contributed by atoms with Gasteiger partial charge in [0.15, 0.2) is 0 Å². The van der Waals surface area contributed by atoms with E-state index >= 15 is 0 Å². The second-order valence-electron chi connectivity index (χ2n) is 3.40. The molecule has 0 heterocycles. The van der Waals surface area contributed by atoms with E-state index in [1.165, 1.54) is 45.1 Å². The summed E-state index contributed by atoms with van der Waals surface area (Å²) in [5.41, 5.74) is 0. The molecule has 0 amide bonds. The Hall–Kier alpha value is -0.0400. The van der Waals surface area contributed by atoms with Crippen LogP contribution in [0.25, 0.3) is 0 Å². The van der Waals surface area contributed by atoms with Crippen molar-refractivity contribution < 1.29 is 0 Å². The average molecular weight is 141 g/mol. The van der Waals surface area contributed by atoms with Gasteiger partial charge in [0.1, 0.15) is 0 Å². The fraction of sp³-hybridized carbons (Fsp3) is 1.00. The van der Waals surface area contributed by atoms with Crippen LogP contribution in [0.2, 0.25) is 0 Å². The monoisotopic (exact) mass is 141 g/mol. The minimum Gasteiger partial charge on any atom is -0.320 e. The van der Waals surface area contributed by atoms with E-state index in [1.807, 2.05) is 7.05 Å². The van der Waals surface area contributed by atoms with E-state index in [4.69, 9.17) is 0 Å². The number of rotatable bonds is 6. The van der Waals surface area contributed by atoms with Gasteiger partial charge in [-0.3, -0.25) is 0 Å². The molecule has 1 saturated carbocycles. The molecular formula is C9H19N. The van der Waals surface area contributed by atoms with Gasteiger partial charge in [-0.1, -0.05) is 32.1 Å². The highest BCUT2D eigenvalue weighted by Crippen LogP contribution is 2.33. The summed E-state index contributed by atoms with van der Waals surface area (Å²) in [5.74, 6) is 1.13. The molecule has 0 aromatic carbocycles. The molecule has 0 bridgehead atoms. The second-order valence-corrected chi connectivity index (χ2v) is 3.40. The Kier molecular flexibility index (Phi) is 3.81. The van der Waals surface area contributed by atoms with Gasteiger partial charge in [-0.25, -0.2) is 0 Å². The van der Waals surface area contributed by atoms with Crippen molar-refractivity contribution in [2.75, 3.05) is 13.6 Å². The molecule has 0 atom stereocenters. The van der Waals surface area contributed by atoms with Gasteiger partial charge in [0.25, 0.3) is 0 Å². The summed E-state index contributed by atoms with van der Waals surface area (Å²) in [5, 5.41) is 3.17. The zero-order chi connectivity index (χ0) is 7.23. The van der Waals surface area contributed by atoms with Crippen LogP contribution < -0.4 is 5.32 Å². The van der Waals surface area contributed by atoms with E-state index in [2.05, 4.69) is 5.32 Å². The lowest BCUT2D eigenvalue weighted by Gasteiger charge is -1.98. The average Bonchev–Trinajstić information content (AvgIpc) is 2.71. The predicted octanol–water partition coefficient (Wildman–Crippen LogP) is 2.18. The molecule has 0 unspecified atom stereocenters. The minimum atomic E-state index is 1.13. The molecule has 1 nitrogen and oxygen atoms in total. The smallest absolute Gasteiger partial charge is 0.00519 e. The van der Waals surface area contributed by atoms with E-state index in [0.29, 0.717) is 0 Å². The molecule has 0 radical (unpaired) electrons. The Morgan fingerprint density at radius 3 is 2.60 bits per heavy atom. The maximum absolute atomic E-state index is 3.17.